The molecule has 2 aromatic heterocycles. The van der Waals surface area contributed by atoms with Gasteiger partial charge in [-0.05, 0) is 26.8 Å². The first-order chi connectivity index (χ1) is 8.72. The van der Waals surface area contributed by atoms with E-state index in [1.807, 2.05) is 35.5 Å². The zero-order valence-corrected chi connectivity index (χ0v) is 11.2. The van der Waals surface area contributed by atoms with Gasteiger partial charge in [0.05, 0.1) is 12.6 Å². The molecule has 0 spiro atoms. The average molecular weight is 247 g/mol. The Morgan fingerprint density at radius 2 is 2.11 bits per heavy atom. The van der Waals surface area contributed by atoms with E-state index in [4.69, 9.17) is 0 Å². The van der Waals surface area contributed by atoms with Crippen LogP contribution in [0.1, 0.15) is 32.6 Å². The Hall–Kier alpha value is -1.62. The number of nitrogens with one attached hydrogen (secondary N) is 1. The Morgan fingerprint density at radius 1 is 1.28 bits per heavy atom. The maximum absolute atomic E-state index is 4.36. The maximum atomic E-state index is 4.36. The van der Waals surface area contributed by atoms with Crippen LogP contribution in [0.4, 0.5) is 0 Å². The van der Waals surface area contributed by atoms with E-state index >= 15 is 0 Å². The molecule has 0 aliphatic rings. The van der Waals surface area contributed by atoms with Crippen LogP contribution >= 0.6 is 0 Å². The summed E-state index contributed by atoms with van der Waals surface area (Å²) in [6.07, 6.45) is 7.67. The quantitative estimate of drug-likeness (QED) is 0.847. The van der Waals surface area contributed by atoms with E-state index in [1.165, 1.54) is 0 Å². The van der Waals surface area contributed by atoms with Crippen molar-refractivity contribution in [1.29, 1.82) is 0 Å². The maximum Gasteiger partial charge on any atom is 0.122 e. The van der Waals surface area contributed by atoms with Crippen LogP contribution in [0.15, 0.2) is 30.9 Å². The first-order valence-corrected chi connectivity index (χ1v) is 6.45. The third-order valence-corrected chi connectivity index (χ3v) is 3.39. The van der Waals surface area contributed by atoms with Gasteiger partial charge in [-0.2, -0.15) is 5.10 Å². The van der Waals surface area contributed by atoms with Crippen molar-refractivity contribution < 1.29 is 0 Å². The minimum atomic E-state index is 0.324. The van der Waals surface area contributed by atoms with Crippen LogP contribution in [0.25, 0.3) is 0 Å². The normalized spacial score (nSPS) is 14.6. The molecule has 5 nitrogen and oxygen atoms in total. The summed E-state index contributed by atoms with van der Waals surface area (Å²) >= 11 is 0. The molecule has 0 bridgehead atoms. The average Bonchev–Trinajstić information content (AvgIpc) is 3.05. The highest BCUT2D eigenvalue weighted by Crippen LogP contribution is 2.09. The molecule has 0 amide bonds. The molecule has 0 saturated heterocycles. The number of aryl methyl sites for hydroxylation is 1. The van der Waals surface area contributed by atoms with Gasteiger partial charge < -0.3 is 9.88 Å². The summed E-state index contributed by atoms with van der Waals surface area (Å²) in [5.41, 5.74) is 0. The monoisotopic (exact) mass is 247 g/mol. The second kappa shape index (κ2) is 5.82. The number of nitrogens with zero attached hydrogens (tertiary/aromatic N) is 4. The van der Waals surface area contributed by atoms with Crippen LogP contribution < -0.4 is 5.32 Å². The van der Waals surface area contributed by atoms with Crippen molar-refractivity contribution >= 4 is 0 Å². The van der Waals surface area contributed by atoms with E-state index in [2.05, 4.69) is 40.7 Å². The summed E-state index contributed by atoms with van der Waals surface area (Å²) in [4.78, 5) is 4.36. The lowest BCUT2D eigenvalue weighted by Gasteiger charge is -2.21. The minimum absolute atomic E-state index is 0.324. The van der Waals surface area contributed by atoms with E-state index in [9.17, 15) is 0 Å². The smallest absolute Gasteiger partial charge is 0.122 e. The van der Waals surface area contributed by atoms with E-state index in [1.54, 1.807) is 0 Å². The summed E-state index contributed by atoms with van der Waals surface area (Å²) in [7, 11) is 0. The SMILES string of the molecule is CCn1ccnc1CN[C@H](C)[C@@H](C)n1cccn1. The Labute approximate surface area is 108 Å². The molecule has 2 heterocycles. The lowest BCUT2D eigenvalue weighted by Crippen LogP contribution is -2.34. The van der Waals surface area contributed by atoms with Crippen molar-refractivity contribution in [1.82, 2.24) is 24.6 Å². The van der Waals surface area contributed by atoms with Gasteiger partial charge in [0.1, 0.15) is 5.82 Å². The lowest BCUT2D eigenvalue weighted by molar-refractivity contribution is 0.360. The molecule has 18 heavy (non-hydrogen) atoms. The van der Waals surface area contributed by atoms with Crippen LogP contribution in [0.3, 0.4) is 0 Å². The highest BCUT2D eigenvalue weighted by Gasteiger charge is 2.14. The van der Waals surface area contributed by atoms with Crippen molar-refractivity contribution in [2.75, 3.05) is 0 Å². The summed E-state index contributed by atoms with van der Waals surface area (Å²) in [6.45, 7) is 8.21. The lowest BCUT2D eigenvalue weighted by atomic mass is 10.2. The van der Waals surface area contributed by atoms with Gasteiger partial charge in [-0.15, -0.1) is 0 Å². The molecule has 2 rings (SSSR count). The zero-order valence-electron chi connectivity index (χ0n) is 11.2. The summed E-state index contributed by atoms with van der Waals surface area (Å²) < 4.78 is 4.13. The van der Waals surface area contributed by atoms with Gasteiger partial charge in [-0.3, -0.25) is 4.68 Å². The van der Waals surface area contributed by atoms with E-state index in [-0.39, 0.29) is 0 Å². The number of hydrogen-bond donors (Lipinski definition) is 1. The number of imidazole rings is 1. The second-order valence-corrected chi connectivity index (χ2v) is 4.53. The molecule has 2 atom stereocenters. The third kappa shape index (κ3) is 2.79. The molecule has 0 radical (unpaired) electrons. The molecule has 2 aromatic rings. The van der Waals surface area contributed by atoms with E-state index in [0.29, 0.717) is 12.1 Å². The molecule has 0 fully saturated rings. The zero-order chi connectivity index (χ0) is 13.0. The van der Waals surface area contributed by atoms with Gasteiger partial charge in [-0.25, -0.2) is 4.98 Å². The van der Waals surface area contributed by atoms with Gasteiger partial charge in [0, 0.05) is 37.4 Å². The summed E-state index contributed by atoms with van der Waals surface area (Å²) in [5.74, 6) is 1.08. The Balaban J connectivity index is 1.90. The predicted octanol–water partition coefficient (Wildman–Crippen LogP) is 1.84. The fourth-order valence-electron chi connectivity index (χ4n) is 1.97. The highest BCUT2D eigenvalue weighted by molar-refractivity contribution is 4.92. The molecular weight excluding hydrogens is 226 g/mol. The van der Waals surface area contributed by atoms with Crippen LogP contribution in [0.2, 0.25) is 0 Å². The topological polar surface area (TPSA) is 47.7 Å². The molecule has 5 heteroatoms. The summed E-state index contributed by atoms with van der Waals surface area (Å²) in [6, 6.07) is 2.62. The minimum Gasteiger partial charge on any atom is -0.334 e. The Morgan fingerprint density at radius 3 is 2.78 bits per heavy atom. The fraction of sp³-hybridized carbons (Fsp3) is 0.538. The molecule has 1 N–H and O–H groups in total. The van der Waals surface area contributed by atoms with Crippen molar-refractivity contribution in [3.63, 3.8) is 0 Å². The first-order valence-electron chi connectivity index (χ1n) is 6.45. The van der Waals surface area contributed by atoms with Gasteiger partial charge in [-0.1, -0.05) is 0 Å². The Bertz CT molecular complexity index is 459. The van der Waals surface area contributed by atoms with Crippen LogP contribution in [0, 0.1) is 0 Å². The third-order valence-electron chi connectivity index (χ3n) is 3.39. The molecule has 0 unspecified atom stereocenters. The number of hydrogen-bond acceptors (Lipinski definition) is 3. The van der Waals surface area contributed by atoms with Crippen molar-refractivity contribution in [2.24, 2.45) is 0 Å². The second-order valence-electron chi connectivity index (χ2n) is 4.53. The van der Waals surface area contributed by atoms with Crippen LogP contribution in [-0.4, -0.2) is 25.4 Å². The predicted molar refractivity (Wildman–Crippen MR) is 71.1 cm³/mol. The Kier molecular flexibility index (Phi) is 4.15. The number of rotatable bonds is 6. The standard InChI is InChI=1S/C13H21N5/c1-4-17-9-7-14-13(17)10-15-11(2)12(3)18-8-5-6-16-18/h5-9,11-12,15H,4,10H2,1-3H3/t11-,12-/m1/s1. The van der Waals surface area contributed by atoms with Crippen LogP contribution in [0.5, 0.6) is 0 Å². The van der Waals surface area contributed by atoms with Crippen LogP contribution in [-0.2, 0) is 13.1 Å². The molecule has 0 saturated carbocycles. The first kappa shape index (κ1) is 12.8. The van der Waals surface area contributed by atoms with E-state index < -0.39 is 0 Å². The molecule has 0 aliphatic carbocycles. The highest BCUT2D eigenvalue weighted by atomic mass is 15.3. The molecule has 0 aliphatic heterocycles. The molecule has 98 valence electrons. The van der Waals surface area contributed by atoms with Gasteiger partial charge in [0.15, 0.2) is 0 Å². The number of aromatic nitrogens is 4. The van der Waals surface area contributed by atoms with Gasteiger partial charge in [0.2, 0.25) is 0 Å². The largest absolute Gasteiger partial charge is 0.334 e. The van der Waals surface area contributed by atoms with Gasteiger partial charge in [0.25, 0.3) is 0 Å². The van der Waals surface area contributed by atoms with Crippen molar-refractivity contribution in [3.8, 4) is 0 Å². The molecule has 0 aromatic carbocycles. The summed E-state index contributed by atoms with van der Waals surface area (Å²) in [5, 5.41) is 7.78. The molecular formula is C13H21N5. The van der Waals surface area contributed by atoms with Crippen molar-refractivity contribution in [2.45, 2.75) is 45.9 Å². The fourth-order valence-corrected chi connectivity index (χ4v) is 1.97. The van der Waals surface area contributed by atoms with E-state index in [0.717, 1.165) is 18.9 Å². The van der Waals surface area contributed by atoms with Crippen molar-refractivity contribution in [3.05, 3.63) is 36.7 Å². The van der Waals surface area contributed by atoms with Gasteiger partial charge >= 0.3 is 0 Å².